The van der Waals surface area contributed by atoms with Gasteiger partial charge >= 0.3 is 6.18 Å². The van der Waals surface area contributed by atoms with Crippen LogP contribution in [0.5, 0.6) is 0 Å². The maximum Gasteiger partial charge on any atom is 0.416 e. The molecule has 0 saturated carbocycles. The lowest BCUT2D eigenvalue weighted by molar-refractivity contribution is -0.143. The summed E-state index contributed by atoms with van der Waals surface area (Å²) < 4.78 is 37.4. The van der Waals surface area contributed by atoms with E-state index in [4.69, 9.17) is 0 Å². The average Bonchev–Trinajstić information content (AvgIpc) is 2.59. The molecule has 1 N–H and O–H groups in total. The minimum Gasteiger partial charge on any atom is -0.343 e. The maximum atomic E-state index is 12.5. The van der Waals surface area contributed by atoms with Crippen molar-refractivity contribution in [2.24, 2.45) is 0 Å². The Balaban J connectivity index is 1.82. The summed E-state index contributed by atoms with van der Waals surface area (Å²) in [5, 5.41) is 2.39. The minimum absolute atomic E-state index is 0.0212. The normalized spacial score (nSPS) is 15.5. The zero-order valence-corrected chi connectivity index (χ0v) is 14.0. The van der Waals surface area contributed by atoms with Gasteiger partial charge in [-0.2, -0.15) is 13.2 Å². The van der Waals surface area contributed by atoms with Crippen LogP contribution in [0.1, 0.15) is 11.1 Å². The van der Waals surface area contributed by atoms with Crippen molar-refractivity contribution in [1.82, 2.24) is 15.1 Å². The fraction of sp³-hybridized carbons (Fsp3) is 0.353. The first-order valence-corrected chi connectivity index (χ1v) is 7.82. The van der Waals surface area contributed by atoms with Crippen LogP contribution in [-0.4, -0.2) is 60.7 Å². The lowest BCUT2D eigenvalue weighted by atomic mass is 10.1. The van der Waals surface area contributed by atoms with Gasteiger partial charge in [0.2, 0.25) is 17.7 Å². The monoisotopic (exact) mass is 369 g/mol. The van der Waals surface area contributed by atoms with Gasteiger partial charge in [0.25, 0.3) is 0 Å². The number of rotatable bonds is 4. The van der Waals surface area contributed by atoms with Crippen molar-refractivity contribution in [3.63, 3.8) is 0 Å². The summed E-state index contributed by atoms with van der Waals surface area (Å²) in [7, 11) is 1.65. The van der Waals surface area contributed by atoms with E-state index in [2.05, 4.69) is 5.32 Å². The van der Waals surface area contributed by atoms with Gasteiger partial charge in [0.15, 0.2) is 0 Å². The molecule has 0 bridgehead atoms. The van der Waals surface area contributed by atoms with Crippen molar-refractivity contribution in [3.05, 3.63) is 41.5 Å². The average molecular weight is 369 g/mol. The molecule has 1 aromatic carbocycles. The number of nitrogens with one attached hydrogen (secondary N) is 1. The zero-order valence-electron chi connectivity index (χ0n) is 14.0. The van der Waals surface area contributed by atoms with Crippen LogP contribution in [0.4, 0.5) is 13.2 Å². The number of hydrogen-bond acceptors (Lipinski definition) is 3. The largest absolute Gasteiger partial charge is 0.416 e. The van der Waals surface area contributed by atoms with E-state index in [1.165, 1.54) is 28.0 Å². The number of hydrogen-bond donors (Lipinski definition) is 1. The molecule has 0 unspecified atom stereocenters. The molecule has 0 atom stereocenters. The standard InChI is InChI=1S/C17H18F3N3O3/c1-22-8-9-23(11-16(22)26)15(25)10-21-14(24)7-4-12-2-5-13(6-3-12)17(18,19)20/h2-7H,8-11H2,1H3,(H,21,24)/b7-4+. The maximum absolute atomic E-state index is 12.5. The van der Waals surface area contributed by atoms with E-state index < -0.39 is 17.6 Å². The molecule has 1 saturated heterocycles. The fourth-order valence-corrected chi connectivity index (χ4v) is 2.26. The van der Waals surface area contributed by atoms with Crippen LogP contribution in [-0.2, 0) is 20.6 Å². The van der Waals surface area contributed by atoms with Crippen molar-refractivity contribution >= 4 is 23.8 Å². The summed E-state index contributed by atoms with van der Waals surface area (Å²) in [4.78, 5) is 38.1. The molecule has 0 aromatic heterocycles. The number of piperazine rings is 1. The second-order valence-electron chi connectivity index (χ2n) is 5.80. The smallest absolute Gasteiger partial charge is 0.343 e. The molecule has 0 radical (unpaired) electrons. The molecule has 1 aliphatic rings. The van der Waals surface area contributed by atoms with E-state index in [1.54, 1.807) is 7.05 Å². The van der Waals surface area contributed by atoms with E-state index in [-0.39, 0.29) is 24.9 Å². The summed E-state index contributed by atoms with van der Waals surface area (Å²) in [6.07, 6.45) is -1.94. The second kappa shape index (κ2) is 8.03. The molecule has 1 heterocycles. The van der Waals surface area contributed by atoms with Gasteiger partial charge in [-0.1, -0.05) is 12.1 Å². The Labute approximate surface area is 148 Å². The van der Waals surface area contributed by atoms with E-state index in [0.29, 0.717) is 18.7 Å². The highest BCUT2D eigenvalue weighted by atomic mass is 19.4. The third-order valence-corrected chi connectivity index (χ3v) is 3.89. The van der Waals surface area contributed by atoms with Crippen LogP contribution in [0, 0.1) is 0 Å². The highest BCUT2D eigenvalue weighted by molar-refractivity contribution is 5.95. The molecule has 26 heavy (non-hydrogen) atoms. The van der Waals surface area contributed by atoms with Crippen LogP contribution in [0.15, 0.2) is 30.3 Å². The first kappa shape index (κ1) is 19.5. The van der Waals surface area contributed by atoms with Crippen LogP contribution in [0.3, 0.4) is 0 Å². The summed E-state index contributed by atoms with van der Waals surface area (Å²) in [5.41, 5.74) is -0.351. The molecular weight excluding hydrogens is 351 g/mol. The van der Waals surface area contributed by atoms with Crippen LogP contribution in [0.25, 0.3) is 6.08 Å². The lowest BCUT2D eigenvalue weighted by Crippen LogP contribution is -2.52. The quantitative estimate of drug-likeness (QED) is 0.809. The lowest BCUT2D eigenvalue weighted by Gasteiger charge is -2.31. The minimum atomic E-state index is -4.41. The summed E-state index contributed by atoms with van der Waals surface area (Å²) in [6, 6.07) is 4.33. The van der Waals surface area contributed by atoms with E-state index in [0.717, 1.165) is 18.2 Å². The summed E-state index contributed by atoms with van der Waals surface area (Å²) in [5.74, 6) is -1.10. The summed E-state index contributed by atoms with van der Waals surface area (Å²) >= 11 is 0. The van der Waals surface area contributed by atoms with Gasteiger partial charge in [0.1, 0.15) is 0 Å². The molecule has 0 aliphatic carbocycles. The highest BCUT2D eigenvalue weighted by Crippen LogP contribution is 2.29. The third kappa shape index (κ3) is 5.33. The topological polar surface area (TPSA) is 69.7 Å². The van der Waals surface area contributed by atoms with Crippen molar-refractivity contribution in [2.45, 2.75) is 6.18 Å². The predicted octanol–water partition coefficient (Wildman–Crippen LogP) is 1.14. The Morgan fingerprint density at radius 3 is 2.42 bits per heavy atom. The van der Waals surface area contributed by atoms with Gasteiger partial charge in [0, 0.05) is 26.2 Å². The van der Waals surface area contributed by atoms with Crippen molar-refractivity contribution in [2.75, 3.05) is 33.2 Å². The van der Waals surface area contributed by atoms with Gasteiger partial charge in [-0.3, -0.25) is 14.4 Å². The molecule has 0 spiro atoms. The molecule has 1 fully saturated rings. The molecule has 1 aliphatic heterocycles. The van der Waals surface area contributed by atoms with Gasteiger partial charge in [0.05, 0.1) is 18.7 Å². The Bertz CT molecular complexity index is 714. The zero-order chi connectivity index (χ0) is 19.3. The van der Waals surface area contributed by atoms with Gasteiger partial charge < -0.3 is 15.1 Å². The molecule has 9 heteroatoms. The van der Waals surface area contributed by atoms with Crippen LogP contribution >= 0.6 is 0 Å². The molecule has 6 nitrogen and oxygen atoms in total. The molecule has 140 valence electrons. The highest BCUT2D eigenvalue weighted by Gasteiger charge is 2.29. The third-order valence-electron chi connectivity index (χ3n) is 3.89. The molecule has 3 amide bonds. The van der Waals surface area contributed by atoms with E-state index in [9.17, 15) is 27.6 Å². The number of carbonyl (C=O) groups is 3. The van der Waals surface area contributed by atoms with Crippen LogP contribution < -0.4 is 5.32 Å². The second-order valence-corrected chi connectivity index (χ2v) is 5.80. The van der Waals surface area contributed by atoms with E-state index >= 15 is 0 Å². The van der Waals surface area contributed by atoms with Gasteiger partial charge in [-0.25, -0.2) is 0 Å². The number of halogens is 3. The number of alkyl halides is 3. The van der Waals surface area contributed by atoms with Gasteiger partial charge in [-0.05, 0) is 23.8 Å². The molecular formula is C17H18F3N3O3. The van der Waals surface area contributed by atoms with Crippen molar-refractivity contribution < 1.29 is 27.6 Å². The fourth-order valence-electron chi connectivity index (χ4n) is 2.26. The number of carbonyl (C=O) groups excluding carboxylic acids is 3. The van der Waals surface area contributed by atoms with Crippen molar-refractivity contribution in [1.29, 1.82) is 0 Å². The Kier molecular flexibility index (Phi) is 6.01. The predicted molar refractivity (Wildman–Crippen MR) is 87.7 cm³/mol. The molecule has 1 aromatic rings. The Hall–Kier alpha value is -2.84. The van der Waals surface area contributed by atoms with E-state index in [1.807, 2.05) is 0 Å². The number of benzene rings is 1. The van der Waals surface area contributed by atoms with Crippen molar-refractivity contribution in [3.8, 4) is 0 Å². The SMILES string of the molecule is CN1CCN(C(=O)CNC(=O)/C=C/c2ccc(C(F)(F)F)cc2)CC1=O. The first-order valence-electron chi connectivity index (χ1n) is 7.82. The number of likely N-dealkylation sites (N-methyl/N-ethyl adjacent to an activating group) is 1. The Morgan fingerprint density at radius 1 is 1.19 bits per heavy atom. The molecule has 2 rings (SSSR count). The van der Waals surface area contributed by atoms with Crippen LogP contribution in [0.2, 0.25) is 0 Å². The first-order chi connectivity index (χ1) is 12.2. The summed E-state index contributed by atoms with van der Waals surface area (Å²) in [6.45, 7) is 0.560. The van der Waals surface area contributed by atoms with Gasteiger partial charge in [-0.15, -0.1) is 0 Å². The number of nitrogens with zero attached hydrogens (tertiary/aromatic N) is 2. The Morgan fingerprint density at radius 2 is 1.85 bits per heavy atom. The number of amides is 3.